The molecule has 4 aliphatic rings. The van der Waals surface area contributed by atoms with Gasteiger partial charge in [-0.05, 0) is 49.2 Å². The topological polar surface area (TPSA) is 73.4 Å². The third-order valence-corrected chi connectivity index (χ3v) is 8.25. The van der Waals surface area contributed by atoms with Crippen molar-refractivity contribution in [2.24, 2.45) is 0 Å². The molecule has 7 rings (SSSR count). The molecule has 1 spiro atoms. The van der Waals surface area contributed by atoms with Crippen LogP contribution in [0, 0.1) is 5.82 Å². The summed E-state index contributed by atoms with van der Waals surface area (Å²) in [7, 11) is 2.07. The number of nitrogens with one attached hydrogen (secondary N) is 2. The summed E-state index contributed by atoms with van der Waals surface area (Å²) in [6, 6.07) is 10.8. The van der Waals surface area contributed by atoms with Crippen LogP contribution in [0.2, 0.25) is 0 Å². The molecule has 2 aliphatic heterocycles. The molecule has 0 radical (unpaired) electrons. The Morgan fingerprint density at radius 1 is 1.08 bits per heavy atom. The van der Waals surface area contributed by atoms with Gasteiger partial charge in [0.2, 0.25) is 5.95 Å². The van der Waals surface area contributed by atoms with Crippen molar-refractivity contribution < 1.29 is 18.0 Å². The zero-order valence-corrected chi connectivity index (χ0v) is 20.9. The van der Waals surface area contributed by atoms with Gasteiger partial charge >= 0.3 is 0 Å². The number of halogens is 3. The Hall–Kier alpha value is -3.66. The van der Waals surface area contributed by atoms with Crippen LogP contribution in [0.25, 0.3) is 11.3 Å². The lowest BCUT2D eigenvalue weighted by molar-refractivity contribution is 0.0952. The average Bonchev–Trinajstić information content (AvgIpc) is 3.79. The maximum atomic E-state index is 14.9. The fourth-order valence-corrected chi connectivity index (χ4v) is 5.69. The number of carbonyl (C=O) groups excluding carboxylic acids is 1. The van der Waals surface area contributed by atoms with Crippen LogP contribution in [0.3, 0.4) is 0 Å². The highest BCUT2D eigenvalue weighted by atomic mass is 19.3. The molecule has 1 unspecified atom stereocenters. The monoisotopic (exact) mass is 520 g/mol. The SMILES string of the molecule is CN1CCN(c2ccc(C3CC3(F)F)c(Nc3ncc(F)c(-c4ccc5c(c4)C(=O)NC54CC4)n3)c2)CC1. The van der Waals surface area contributed by atoms with Crippen molar-refractivity contribution in [3.05, 3.63) is 65.1 Å². The number of anilines is 3. The Morgan fingerprint density at radius 2 is 1.84 bits per heavy atom. The Labute approximate surface area is 218 Å². The van der Waals surface area contributed by atoms with E-state index in [-0.39, 0.29) is 29.5 Å². The van der Waals surface area contributed by atoms with E-state index < -0.39 is 17.7 Å². The highest BCUT2D eigenvalue weighted by molar-refractivity contribution is 6.01. The number of rotatable bonds is 5. The number of nitrogens with zero attached hydrogens (tertiary/aromatic N) is 4. The van der Waals surface area contributed by atoms with Gasteiger partial charge in [-0.2, -0.15) is 0 Å². The van der Waals surface area contributed by atoms with Crippen molar-refractivity contribution in [3.8, 4) is 11.3 Å². The van der Waals surface area contributed by atoms with Crippen LogP contribution in [0.15, 0.2) is 42.6 Å². The fourth-order valence-electron chi connectivity index (χ4n) is 5.69. The normalized spacial score (nSPS) is 22.8. The number of benzene rings is 2. The third-order valence-electron chi connectivity index (χ3n) is 8.25. The van der Waals surface area contributed by atoms with Gasteiger partial charge in [-0.1, -0.05) is 18.2 Å². The molecule has 1 saturated heterocycles. The second kappa shape index (κ2) is 8.17. The van der Waals surface area contributed by atoms with E-state index in [0.717, 1.165) is 56.5 Å². The van der Waals surface area contributed by atoms with Crippen LogP contribution >= 0.6 is 0 Å². The molecule has 10 heteroatoms. The summed E-state index contributed by atoms with van der Waals surface area (Å²) >= 11 is 0. The van der Waals surface area contributed by atoms with E-state index in [4.69, 9.17) is 0 Å². The van der Waals surface area contributed by atoms with E-state index in [1.807, 2.05) is 18.2 Å². The smallest absolute Gasteiger partial charge is 0.256 e. The third kappa shape index (κ3) is 3.89. The Balaban J connectivity index is 1.22. The van der Waals surface area contributed by atoms with Crippen molar-refractivity contribution in [1.29, 1.82) is 0 Å². The van der Waals surface area contributed by atoms with Crippen molar-refractivity contribution in [2.45, 2.75) is 36.6 Å². The van der Waals surface area contributed by atoms with Gasteiger partial charge in [0, 0.05) is 55.1 Å². The second-order valence-electron chi connectivity index (χ2n) is 10.9. The molecule has 2 saturated carbocycles. The fraction of sp³-hybridized carbons (Fsp3) is 0.393. The molecule has 2 aliphatic carbocycles. The van der Waals surface area contributed by atoms with Gasteiger partial charge in [-0.3, -0.25) is 4.79 Å². The van der Waals surface area contributed by atoms with E-state index in [1.54, 1.807) is 18.2 Å². The van der Waals surface area contributed by atoms with Gasteiger partial charge in [0.05, 0.1) is 17.7 Å². The number of alkyl halides is 2. The van der Waals surface area contributed by atoms with Gasteiger partial charge in [0.15, 0.2) is 5.82 Å². The summed E-state index contributed by atoms with van der Waals surface area (Å²) in [5, 5.41) is 6.13. The second-order valence-corrected chi connectivity index (χ2v) is 10.9. The molecule has 196 valence electrons. The summed E-state index contributed by atoms with van der Waals surface area (Å²) in [6.45, 7) is 3.49. The van der Waals surface area contributed by atoms with Crippen LogP contribution in [-0.4, -0.2) is 59.9 Å². The number of piperazine rings is 1. The molecule has 3 aromatic rings. The minimum Gasteiger partial charge on any atom is -0.369 e. The molecular weight excluding hydrogens is 493 g/mol. The summed E-state index contributed by atoms with van der Waals surface area (Å²) in [6.07, 6.45) is 2.66. The molecule has 3 heterocycles. The highest BCUT2D eigenvalue weighted by Gasteiger charge is 2.58. The van der Waals surface area contributed by atoms with Crippen LogP contribution in [0.5, 0.6) is 0 Å². The zero-order valence-electron chi connectivity index (χ0n) is 20.9. The molecule has 3 fully saturated rings. The Bertz CT molecular complexity index is 1460. The quantitative estimate of drug-likeness (QED) is 0.511. The van der Waals surface area contributed by atoms with E-state index >= 15 is 0 Å². The summed E-state index contributed by atoms with van der Waals surface area (Å²) < 4.78 is 43.1. The highest BCUT2D eigenvalue weighted by Crippen LogP contribution is 2.57. The van der Waals surface area contributed by atoms with Crippen molar-refractivity contribution in [1.82, 2.24) is 20.2 Å². The van der Waals surface area contributed by atoms with Gasteiger partial charge in [-0.15, -0.1) is 0 Å². The van der Waals surface area contributed by atoms with Gasteiger partial charge in [0.25, 0.3) is 11.8 Å². The van der Waals surface area contributed by atoms with Crippen molar-refractivity contribution >= 4 is 23.2 Å². The van der Waals surface area contributed by atoms with E-state index in [1.165, 1.54) is 0 Å². The number of fused-ring (bicyclic) bond motifs is 2. The minimum absolute atomic E-state index is 0.0448. The predicted molar refractivity (Wildman–Crippen MR) is 138 cm³/mol. The first kappa shape index (κ1) is 23.5. The molecule has 0 bridgehead atoms. The lowest BCUT2D eigenvalue weighted by atomic mass is 9.99. The first-order chi connectivity index (χ1) is 18.2. The maximum absolute atomic E-state index is 14.9. The largest absolute Gasteiger partial charge is 0.369 e. The molecule has 1 aromatic heterocycles. The number of carbonyl (C=O) groups is 1. The molecular formula is C28H27F3N6O. The van der Waals surface area contributed by atoms with Crippen LogP contribution < -0.4 is 15.5 Å². The maximum Gasteiger partial charge on any atom is 0.256 e. The lowest BCUT2D eigenvalue weighted by Crippen LogP contribution is -2.44. The Morgan fingerprint density at radius 3 is 2.55 bits per heavy atom. The van der Waals surface area contributed by atoms with Gasteiger partial charge < -0.3 is 20.4 Å². The lowest BCUT2D eigenvalue weighted by Gasteiger charge is -2.34. The van der Waals surface area contributed by atoms with Gasteiger partial charge in [0.1, 0.15) is 5.69 Å². The van der Waals surface area contributed by atoms with Crippen LogP contribution in [-0.2, 0) is 5.54 Å². The number of aromatic nitrogens is 2. The first-order valence-electron chi connectivity index (χ1n) is 12.9. The van der Waals surface area contributed by atoms with Crippen molar-refractivity contribution in [2.75, 3.05) is 43.4 Å². The van der Waals surface area contributed by atoms with Gasteiger partial charge in [-0.25, -0.2) is 23.1 Å². The minimum atomic E-state index is -2.75. The first-order valence-corrected chi connectivity index (χ1v) is 12.9. The molecule has 1 atom stereocenters. The van der Waals surface area contributed by atoms with Crippen LogP contribution in [0.4, 0.5) is 30.5 Å². The Kier molecular flexibility index (Phi) is 5.04. The summed E-state index contributed by atoms with van der Waals surface area (Å²) in [4.78, 5) is 25.5. The number of likely N-dealkylation sites (N-methyl/N-ethyl adjacent to an activating group) is 1. The molecule has 2 N–H and O–H groups in total. The summed E-state index contributed by atoms with van der Waals surface area (Å²) in [5.41, 5.74) is 3.62. The zero-order chi connectivity index (χ0) is 26.2. The van der Waals surface area contributed by atoms with E-state index in [9.17, 15) is 18.0 Å². The summed E-state index contributed by atoms with van der Waals surface area (Å²) in [5.74, 6) is -4.31. The molecule has 1 amide bonds. The number of hydrogen-bond acceptors (Lipinski definition) is 6. The van der Waals surface area contributed by atoms with Crippen molar-refractivity contribution in [3.63, 3.8) is 0 Å². The molecule has 7 nitrogen and oxygen atoms in total. The van der Waals surface area contributed by atoms with E-state index in [2.05, 4.69) is 37.4 Å². The molecule has 2 aromatic carbocycles. The number of hydrogen-bond donors (Lipinski definition) is 2. The molecule has 38 heavy (non-hydrogen) atoms. The average molecular weight is 521 g/mol. The van der Waals surface area contributed by atoms with E-state index in [0.29, 0.717) is 22.4 Å². The predicted octanol–water partition coefficient (Wildman–Crippen LogP) is 4.63. The van der Waals surface area contributed by atoms with Crippen LogP contribution in [0.1, 0.15) is 46.7 Å². The number of amides is 1. The standard InChI is InChI=1S/C28H27F3N6O/c1-36-8-10-37(11-9-36)17-3-4-18(21-14-28(21,30)31)23(13-17)33-26-32-15-22(29)24(34-26)16-2-5-20-19(12-16)25(38)35-27(20)6-7-27/h2-5,12-13,15,21H,6-11,14H2,1H3,(H,35,38)(H,32,33,34).